The van der Waals surface area contributed by atoms with Crippen LogP contribution in [0.2, 0.25) is 0 Å². The second-order valence-electron chi connectivity index (χ2n) is 8.78. The van der Waals surface area contributed by atoms with E-state index in [0.29, 0.717) is 5.75 Å². The highest BCUT2D eigenvalue weighted by atomic mass is 32.2. The standard InChI is InChI=1S/C23H28F2N2O5S3/c1-15-3-6-18(7-4-15)35(30,31)23(19-13-17(24)5-8-20(19)25)11-9-21(32-34(2,28)29)16(14-23)10-12-33-22(26)27/h3-8,13,16,21H,9-12,14H2,1-2H3,(H3,26,27)/t16-,21-,23-/m1/s1. The molecule has 1 fully saturated rings. The molecule has 1 aliphatic rings. The third-order valence-corrected chi connectivity index (χ3v) is 10.1. The minimum Gasteiger partial charge on any atom is -0.379 e. The smallest absolute Gasteiger partial charge is 0.264 e. The van der Waals surface area contributed by atoms with Crippen LogP contribution in [0.4, 0.5) is 8.78 Å². The van der Waals surface area contributed by atoms with Gasteiger partial charge in [0.05, 0.1) is 17.3 Å². The van der Waals surface area contributed by atoms with Crippen LogP contribution in [0.15, 0.2) is 47.4 Å². The quantitative estimate of drug-likeness (QED) is 0.290. The van der Waals surface area contributed by atoms with E-state index in [9.17, 15) is 21.2 Å². The first kappa shape index (κ1) is 27.6. The molecule has 0 saturated heterocycles. The summed E-state index contributed by atoms with van der Waals surface area (Å²) >= 11 is 1.02. The van der Waals surface area contributed by atoms with Crippen LogP contribution in [-0.4, -0.2) is 40.1 Å². The number of nitrogens with two attached hydrogens (primary N) is 1. The molecule has 0 aromatic heterocycles. The van der Waals surface area contributed by atoms with Gasteiger partial charge in [0.25, 0.3) is 10.1 Å². The Morgan fingerprint density at radius 3 is 2.43 bits per heavy atom. The van der Waals surface area contributed by atoms with Crippen LogP contribution < -0.4 is 5.73 Å². The van der Waals surface area contributed by atoms with E-state index in [1.54, 1.807) is 19.1 Å². The lowest BCUT2D eigenvalue weighted by Gasteiger charge is -2.44. The van der Waals surface area contributed by atoms with Gasteiger partial charge in [0.2, 0.25) is 0 Å². The van der Waals surface area contributed by atoms with E-state index >= 15 is 4.39 Å². The van der Waals surface area contributed by atoms with Crippen LogP contribution in [0.25, 0.3) is 0 Å². The minimum absolute atomic E-state index is 0.0104. The molecule has 0 heterocycles. The maximum atomic E-state index is 15.2. The number of benzene rings is 2. The maximum Gasteiger partial charge on any atom is 0.264 e. The first-order valence-electron chi connectivity index (χ1n) is 10.9. The number of hydrogen-bond donors (Lipinski definition) is 2. The number of nitrogens with one attached hydrogen (secondary N) is 1. The molecule has 7 nitrogen and oxygen atoms in total. The van der Waals surface area contributed by atoms with Crippen molar-refractivity contribution in [2.75, 3.05) is 12.0 Å². The number of halogens is 2. The summed E-state index contributed by atoms with van der Waals surface area (Å²) in [5.41, 5.74) is 5.96. The fourth-order valence-electron chi connectivity index (χ4n) is 4.65. The summed E-state index contributed by atoms with van der Waals surface area (Å²) in [5.74, 6) is -1.98. The summed E-state index contributed by atoms with van der Waals surface area (Å²) in [6.07, 6.45) is -0.0558. The summed E-state index contributed by atoms with van der Waals surface area (Å²) in [6, 6.07) is 8.85. The lowest BCUT2D eigenvalue weighted by Crippen LogP contribution is -2.47. The summed E-state index contributed by atoms with van der Waals surface area (Å²) in [4.78, 5) is -0.0360. The van der Waals surface area contributed by atoms with E-state index in [-0.39, 0.29) is 41.3 Å². The molecule has 0 bridgehead atoms. The Morgan fingerprint density at radius 1 is 1.17 bits per heavy atom. The second-order valence-corrected chi connectivity index (χ2v) is 13.8. The lowest BCUT2D eigenvalue weighted by atomic mass is 9.74. The number of hydrogen-bond acceptors (Lipinski definition) is 7. The lowest BCUT2D eigenvalue weighted by molar-refractivity contribution is 0.0790. The molecule has 1 aliphatic carbocycles. The molecule has 0 unspecified atom stereocenters. The van der Waals surface area contributed by atoms with Crippen molar-refractivity contribution in [3.8, 4) is 0 Å². The highest BCUT2D eigenvalue weighted by Crippen LogP contribution is 2.51. The Kier molecular flexibility index (Phi) is 8.30. The molecular weight excluding hydrogens is 518 g/mol. The monoisotopic (exact) mass is 546 g/mol. The van der Waals surface area contributed by atoms with E-state index in [1.807, 2.05) is 0 Å². The van der Waals surface area contributed by atoms with Crippen LogP contribution in [0, 0.1) is 29.9 Å². The van der Waals surface area contributed by atoms with Gasteiger partial charge >= 0.3 is 0 Å². The van der Waals surface area contributed by atoms with Crippen molar-refractivity contribution in [3.05, 3.63) is 65.2 Å². The molecule has 35 heavy (non-hydrogen) atoms. The third-order valence-electron chi connectivity index (χ3n) is 6.26. The van der Waals surface area contributed by atoms with Crippen molar-refractivity contribution in [1.82, 2.24) is 0 Å². The molecular formula is C23H28F2N2O5S3. The van der Waals surface area contributed by atoms with Crippen LogP contribution in [0.3, 0.4) is 0 Å². The Balaban J connectivity index is 2.16. The highest BCUT2D eigenvalue weighted by molar-refractivity contribution is 8.13. The van der Waals surface area contributed by atoms with Gasteiger partial charge in [-0.05, 0) is 68.9 Å². The van der Waals surface area contributed by atoms with Gasteiger partial charge in [0.1, 0.15) is 16.4 Å². The summed E-state index contributed by atoms with van der Waals surface area (Å²) in [7, 11) is -8.12. The van der Waals surface area contributed by atoms with E-state index in [0.717, 1.165) is 41.8 Å². The number of amidine groups is 1. The number of sulfone groups is 1. The zero-order chi connectivity index (χ0) is 26.0. The number of aryl methyl sites for hydroxylation is 1. The van der Waals surface area contributed by atoms with Crippen LogP contribution >= 0.6 is 11.8 Å². The van der Waals surface area contributed by atoms with E-state index in [2.05, 4.69) is 0 Å². The molecule has 3 atom stereocenters. The van der Waals surface area contributed by atoms with Crippen molar-refractivity contribution in [2.24, 2.45) is 11.7 Å². The van der Waals surface area contributed by atoms with Gasteiger partial charge in [-0.15, -0.1) is 0 Å². The van der Waals surface area contributed by atoms with Gasteiger partial charge in [0, 0.05) is 11.3 Å². The number of thioether (sulfide) groups is 1. The van der Waals surface area contributed by atoms with Gasteiger partial charge in [-0.1, -0.05) is 29.5 Å². The molecule has 3 N–H and O–H groups in total. The Bertz CT molecular complexity index is 1300. The average molecular weight is 547 g/mol. The molecule has 2 aromatic carbocycles. The van der Waals surface area contributed by atoms with Crippen molar-refractivity contribution < 1.29 is 29.8 Å². The van der Waals surface area contributed by atoms with Crippen LogP contribution in [-0.2, 0) is 28.9 Å². The molecule has 2 aromatic rings. The largest absolute Gasteiger partial charge is 0.379 e. The number of rotatable bonds is 8. The van der Waals surface area contributed by atoms with E-state index in [4.69, 9.17) is 15.3 Å². The molecule has 3 rings (SSSR count). The predicted octanol–water partition coefficient (Wildman–Crippen LogP) is 4.10. The molecule has 192 valence electrons. The van der Waals surface area contributed by atoms with Crippen molar-refractivity contribution in [3.63, 3.8) is 0 Å². The highest BCUT2D eigenvalue weighted by Gasteiger charge is 2.53. The van der Waals surface area contributed by atoms with Gasteiger partial charge in [-0.25, -0.2) is 17.2 Å². The first-order valence-corrected chi connectivity index (χ1v) is 15.2. The zero-order valence-corrected chi connectivity index (χ0v) is 21.8. The molecule has 0 amide bonds. The van der Waals surface area contributed by atoms with E-state index in [1.165, 1.54) is 12.1 Å². The molecule has 0 aliphatic heterocycles. The Labute approximate surface area is 209 Å². The topological polar surface area (TPSA) is 127 Å². The van der Waals surface area contributed by atoms with Crippen molar-refractivity contribution in [2.45, 2.75) is 48.4 Å². The van der Waals surface area contributed by atoms with Gasteiger partial charge in [0.15, 0.2) is 15.0 Å². The van der Waals surface area contributed by atoms with Gasteiger partial charge in [-0.2, -0.15) is 8.42 Å². The maximum absolute atomic E-state index is 15.2. The summed E-state index contributed by atoms with van der Waals surface area (Å²) < 4.78 is 84.9. The van der Waals surface area contributed by atoms with Gasteiger partial charge < -0.3 is 5.73 Å². The fourth-order valence-corrected chi connectivity index (χ4v) is 8.21. The fraction of sp³-hybridized carbons (Fsp3) is 0.435. The van der Waals surface area contributed by atoms with Crippen LogP contribution in [0.5, 0.6) is 0 Å². The average Bonchev–Trinajstić information content (AvgIpc) is 2.75. The molecule has 0 spiro atoms. The van der Waals surface area contributed by atoms with Crippen molar-refractivity contribution >= 4 is 36.9 Å². The molecule has 1 saturated carbocycles. The normalized spacial score (nSPS) is 23.2. The summed E-state index contributed by atoms with van der Waals surface area (Å²) in [6.45, 7) is 1.80. The summed E-state index contributed by atoms with van der Waals surface area (Å²) in [5, 5.41) is 7.28. The minimum atomic E-state index is -4.26. The predicted molar refractivity (Wildman–Crippen MR) is 132 cm³/mol. The first-order chi connectivity index (χ1) is 16.2. The SMILES string of the molecule is Cc1ccc(S(=O)(=O)[C@]2(c3cc(F)ccc3F)CC[C@@H](OS(C)(=O)=O)[C@H](CCSC(=N)N)C2)cc1. The molecule has 0 radical (unpaired) electrons. The molecule has 12 heteroatoms. The zero-order valence-electron chi connectivity index (χ0n) is 19.3. The third kappa shape index (κ3) is 6.22. The van der Waals surface area contributed by atoms with Gasteiger partial charge in [-0.3, -0.25) is 9.59 Å². The Morgan fingerprint density at radius 2 is 1.83 bits per heavy atom. The Hall–Kier alpha value is -2.02. The van der Waals surface area contributed by atoms with E-state index < -0.39 is 48.4 Å². The van der Waals surface area contributed by atoms with Crippen LogP contribution in [0.1, 0.15) is 36.8 Å². The second kappa shape index (κ2) is 10.5. The van der Waals surface area contributed by atoms with Crippen molar-refractivity contribution in [1.29, 1.82) is 5.41 Å².